The van der Waals surface area contributed by atoms with Gasteiger partial charge in [-0.25, -0.2) is 4.98 Å². The Hall–Kier alpha value is -1.70. The Labute approximate surface area is 187 Å². The third-order valence-corrected chi connectivity index (χ3v) is 11.8. The number of aliphatic hydroxyl groups is 1. The van der Waals surface area contributed by atoms with Crippen molar-refractivity contribution in [3.05, 3.63) is 35.0 Å². The van der Waals surface area contributed by atoms with Gasteiger partial charge in [0.25, 0.3) is 0 Å². The summed E-state index contributed by atoms with van der Waals surface area (Å²) in [6, 6.07) is 3.74. The van der Waals surface area contributed by atoms with Gasteiger partial charge in [0.1, 0.15) is 0 Å². The van der Waals surface area contributed by atoms with Crippen molar-refractivity contribution in [1.29, 1.82) is 0 Å². The summed E-state index contributed by atoms with van der Waals surface area (Å²) in [5.74, 6) is 0.358. The van der Waals surface area contributed by atoms with Crippen molar-refractivity contribution in [2.45, 2.75) is 89.8 Å². The smallest absolute Gasteiger partial charge is 0.223 e. The maximum atomic E-state index is 13.2. The minimum atomic E-state index is -1.97. The Morgan fingerprint density at radius 1 is 1.39 bits per heavy atom. The van der Waals surface area contributed by atoms with Crippen LogP contribution in [0.15, 0.2) is 23.8 Å². The van der Waals surface area contributed by atoms with E-state index in [-0.39, 0.29) is 29.4 Å². The predicted octanol–water partition coefficient (Wildman–Crippen LogP) is 4.09. The number of nitrogens with zero attached hydrogens (tertiary/aromatic N) is 1. The molecule has 1 aromatic rings. The summed E-state index contributed by atoms with van der Waals surface area (Å²) in [6.45, 7) is 15.0. The molecule has 172 valence electrons. The van der Waals surface area contributed by atoms with Crippen LogP contribution in [0.2, 0.25) is 18.1 Å². The second-order valence-electron chi connectivity index (χ2n) is 10.8. The summed E-state index contributed by atoms with van der Waals surface area (Å²) < 4.78 is 11.7. The first-order chi connectivity index (χ1) is 14.3. The normalized spacial score (nSPS) is 26.5. The molecular formula is C24H38N2O4Si. The van der Waals surface area contributed by atoms with Gasteiger partial charge < -0.3 is 19.6 Å². The van der Waals surface area contributed by atoms with E-state index < -0.39 is 20.0 Å². The van der Waals surface area contributed by atoms with Gasteiger partial charge in [0.2, 0.25) is 11.8 Å². The summed E-state index contributed by atoms with van der Waals surface area (Å²) in [5.41, 5.74) is 2.06. The second-order valence-corrected chi connectivity index (χ2v) is 15.5. The van der Waals surface area contributed by atoms with E-state index in [9.17, 15) is 9.90 Å². The van der Waals surface area contributed by atoms with Gasteiger partial charge in [-0.1, -0.05) is 32.4 Å². The molecule has 6 nitrogen and oxygen atoms in total. The molecule has 1 aromatic heterocycles. The zero-order valence-electron chi connectivity index (χ0n) is 20.2. The van der Waals surface area contributed by atoms with Gasteiger partial charge >= 0.3 is 0 Å². The molecular weight excluding hydrogens is 408 g/mol. The predicted molar refractivity (Wildman–Crippen MR) is 125 cm³/mol. The molecule has 0 saturated heterocycles. The number of rotatable bonds is 6. The standard InChI is InChI=1S/C24H38N2O4Si/c1-15-11-17-13-19-18(9-10-21(25-19)29-6)24(14-15,22(17)28)26-20(27)12-16(2)30-31(7,8)23(3,4)5/h9-11,16-17,22,28H,12-14H2,1-8H3,(H,26,27)/t16?,17-,22+,24-/m0/s1. The van der Waals surface area contributed by atoms with Gasteiger partial charge in [-0.3, -0.25) is 4.79 Å². The number of pyridine rings is 1. The second kappa shape index (κ2) is 8.33. The molecule has 1 amide bonds. The minimum Gasteiger partial charge on any atom is -0.481 e. The molecule has 0 aliphatic heterocycles. The fraction of sp³-hybridized carbons (Fsp3) is 0.667. The molecule has 7 heteroatoms. The lowest BCUT2D eigenvalue weighted by Gasteiger charge is -2.49. The molecule has 1 heterocycles. The molecule has 31 heavy (non-hydrogen) atoms. The van der Waals surface area contributed by atoms with Crippen LogP contribution in [-0.4, -0.2) is 43.6 Å². The number of carbonyl (C=O) groups excluding carboxylic acids is 1. The average molecular weight is 447 g/mol. The summed E-state index contributed by atoms with van der Waals surface area (Å²) in [7, 11) is -0.373. The molecule has 2 aliphatic rings. The van der Waals surface area contributed by atoms with Crippen LogP contribution in [0.5, 0.6) is 5.88 Å². The fourth-order valence-corrected chi connectivity index (χ4v) is 6.14. The Morgan fingerprint density at radius 3 is 2.68 bits per heavy atom. The van der Waals surface area contributed by atoms with Crippen LogP contribution in [0.3, 0.4) is 0 Å². The highest BCUT2D eigenvalue weighted by Gasteiger charge is 2.51. The number of ether oxygens (including phenoxy) is 1. The topological polar surface area (TPSA) is 80.7 Å². The van der Waals surface area contributed by atoms with E-state index >= 15 is 0 Å². The lowest BCUT2D eigenvalue weighted by molar-refractivity contribution is -0.127. The number of aromatic nitrogens is 1. The number of hydrogen-bond acceptors (Lipinski definition) is 5. The monoisotopic (exact) mass is 446 g/mol. The van der Waals surface area contributed by atoms with Gasteiger partial charge in [0.15, 0.2) is 8.32 Å². The van der Waals surface area contributed by atoms with Gasteiger partial charge in [0, 0.05) is 17.5 Å². The zero-order chi connectivity index (χ0) is 23.2. The van der Waals surface area contributed by atoms with Crippen molar-refractivity contribution in [3.8, 4) is 5.88 Å². The van der Waals surface area contributed by atoms with Gasteiger partial charge in [0.05, 0.1) is 37.0 Å². The number of methoxy groups -OCH3 is 1. The quantitative estimate of drug-likeness (QED) is 0.508. The molecule has 3 rings (SSSR count). The number of aliphatic hydroxyl groups excluding tert-OH is 1. The largest absolute Gasteiger partial charge is 0.481 e. The number of hydrogen-bond donors (Lipinski definition) is 2. The molecule has 0 fully saturated rings. The molecule has 2 N–H and O–H groups in total. The molecule has 1 unspecified atom stereocenters. The van der Waals surface area contributed by atoms with Crippen LogP contribution in [0, 0.1) is 5.92 Å². The van der Waals surface area contributed by atoms with E-state index in [0.717, 1.165) is 11.3 Å². The van der Waals surface area contributed by atoms with Crippen LogP contribution in [0.25, 0.3) is 0 Å². The average Bonchev–Trinajstić information content (AvgIpc) is 2.62. The molecule has 0 saturated carbocycles. The molecule has 2 aliphatic carbocycles. The zero-order valence-corrected chi connectivity index (χ0v) is 21.2. The number of nitrogens with one attached hydrogen (secondary N) is 1. The van der Waals surface area contributed by atoms with E-state index in [1.807, 2.05) is 13.0 Å². The Kier molecular flexibility index (Phi) is 6.44. The molecule has 0 radical (unpaired) electrons. The van der Waals surface area contributed by atoms with Gasteiger partial charge in [-0.15, -0.1) is 0 Å². The van der Waals surface area contributed by atoms with Crippen molar-refractivity contribution < 1.29 is 19.1 Å². The summed E-state index contributed by atoms with van der Waals surface area (Å²) in [6.07, 6.45) is 2.68. The fourth-order valence-electron chi connectivity index (χ4n) is 4.70. The number of fused-ring (bicyclic) bond motifs is 4. The summed E-state index contributed by atoms with van der Waals surface area (Å²) in [4.78, 5) is 17.8. The SMILES string of the molecule is COc1ccc2c(n1)C[C@@H]1C=C(C)C[C@@]2(NC(=O)CC(C)O[Si](C)(C)C(C)(C)C)[C@@H]1O. The molecule has 4 atom stereocenters. The maximum absolute atomic E-state index is 13.2. The number of carbonyl (C=O) groups is 1. The van der Waals surface area contributed by atoms with Crippen molar-refractivity contribution in [3.63, 3.8) is 0 Å². The van der Waals surface area contributed by atoms with Crippen molar-refractivity contribution in [1.82, 2.24) is 10.3 Å². The maximum Gasteiger partial charge on any atom is 0.223 e. The third-order valence-electron chi connectivity index (χ3n) is 7.17. The van der Waals surface area contributed by atoms with Gasteiger partial charge in [-0.2, -0.15) is 0 Å². The highest BCUT2D eigenvalue weighted by Crippen LogP contribution is 2.46. The van der Waals surface area contributed by atoms with E-state index in [1.54, 1.807) is 13.2 Å². The summed E-state index contributed by atoms with van der Waals surface area (Å²) >= 11 is 0. The molecule has 0 spiro atoms. The first kappa shape index (κ1) is 23.9. The Balaban J connectivity index is 1.85. The summed E-state index contributed by atoms with van der Waals surface area (Å²) in [5, 5.41) is 14.6. The highest BCUT2D eigenvalue weighted by atomic mass is 28.4. The first-order valence-electron chi connectivity index (χ1n) is 11.2. The Morgan fingerprint density at radius 2 is 2.06 bits per heavy atom. The molecule has 2 bridgehead atoms. The van der Waals surface area contributed by atoms with Gasteiger partial charge in [-0.05, 0) is 50.9 Å². The van der Waals surface area contributed by atoms with Crippen LogP contribution < -0.4 is 10.1 Å². The highest BCUT2D eigenvalue weighted by molar-refractivity contribution is 6.74. The van der Waals surface area contributed by atoms with E-state index in [1.165, 1.54) is 5.57 Å². The van der Waals surface area contributed by atoms with Crippen molar-refractivity contribution in [2.24, 2.45) is 5.92 Å². The third kappa shape index (κ3) is 4.59. The Bertz CT molecular complexity index is 877. The molecule has 0 aromatic carbocycles. The van der Waals surface area contributed by atoms with Crippen LogP contribution in [-0.2, 0) is 21.2 Å². The van der Waals surface area contributed by atoms with Crippen LogP contribution in [0.4, 0.5) is 0 Å². The van der Waals surface area contributed by atoms with Crippen LogP contribution >= 0.6 is 0 Å². The number of amides is 1. The van der Waals surface area contributed by atoms with Crippen molar-refractivity contribution >= 4 is 14.2 Å². The minimum absolute atomic E-state index is 0.0814. The van der Waals surface area contributed by atoms with E-state index in [4.69, 9.17) is 9.16 Å². The lowest BCUT2D eigenvalue weighted by Crippen LogP contribution is -2.61. The van der Waals surface area contributed by atoms with Crippen LogP contribution in [0.1, 0.15) is 58.7 Å². The van der Waals surface area contributed by atoms with E-state index in [2.05, 4.69) is 57.2 Å². The van der Waals surface area contributed by atoms with Crippen molar-refractivity contribution in [2.75, 3.05) is 7.11 Å². The first-order valence-corrected chi connectivity index (χ1v) is 14.1. The van der Waals surface area contributed by atoms with E-state index in [0.29, 0.717) is 18.7 Å². The lowest BCUT2D eigenvalue weighted by atomic mass is 9.64.